The summed E-state index contributed by atoms with van der Waals surface area (Å²) < 4.78 is 127. The number of hydrogen-bond donors (Lipinski definition) is 0. The van der Waals surface area contributed by atoms with E-state index in [1.54, 1.807) is 0 Å². The molecule has 3 atom stereocenters. The Balaban J connectivity index is 1.73. The molecule has 0 N–H and O–H groups in total. The van der Waals surface area contributed by atoms with E-state index in [2.05, 4.69) is 0 Å². The van der Waals surface area contributed by atoms with Gasteiger partial charge in [-0.3, -0.25) is 0 Å². The summed E-state index contributed by atoms with van der Waals surface area (Å²) >= 11 is 5.93. The Hall–Kier alpha value is -1.96. The Morgan fingerprint density at radius 1 is 0.946 bits per heavy atom. The Morgan fingerprint density at radius 2 is 1.59 bits per heavy atom. The maximum Gasteiger partial charge on any atom is 0.511 e. The molecule has 0 bridgehead atoms. The molecule has 1 saturated carbocycles. The summed E-state index contributed by atoms with van der Waals surface area (Å²) in [5.74, 6) is -3.74. The third kappa shape index (κ3) is 3.71. The van der Waals surface area contributed by atoms with Crippen LogP contribution in [-0.4, -0.2) is 46.3 Å². The Labute approximate surface area is 215 Å². The fraction of sp³-hybridized carbons (Fsp3) is 0.478. The van der Waals surface area contributed by atoms with Crippen LogP contribution < -0.4 is 4.74 Å². The lowest BCUT2D eigenvalue weighted by Crippen LogP contribution is -2.59. The second-order valence-corrected chi connectivity index (χ2v) is 14.3. The third-order valence-corrected chi connectivity index (χ3v) is 12.4. The van der Waals surface area contributed by atoms with Crippen LogP contribution in [0.2, 0.25) is 5.02 Å². The van der Waals surface area contributed by atoms with Gasteiger partial charge < -0.3 is 4.74 Å². The van der Waals surface area contributed by atoms with E-state index in [0.717, 1.165) is 12.1 Å². The minimum atomic E-state index is -5.68. The van der Waals surface area contributed by atoms with Gasteiger partial charge in [0.05, 0.1) is 17.1 Å². The van der Waals surface area contributed by atoms with Crippen molar-refractivity contribution in [2.75, 3.05) is 19.7 Å². The largest absolute Gasteiger partial charge is 0.511 e. The maximum atomic E-state index is 15.5. The second kappa shape index (κ2) is 8.52. The number of sulfone groups is 1. The van der Waals surface area contributed by atoms with Crippen LogP contribution in [0.15, 0.2) is 41.3 Å². The molecule has 3 aliphatic rings. The van der Waals surface area contributed by atoms with Gasteiger partial charge >= 0.3 is 15.5 Å². The number of halogens is 6. The van der Waals surface area contributed by atoms with Gasteiger partial charge in [-0.05, 0) is 61.1 Å². The Kier molecular flexibility index (Phi) is 6.13. The van der Waals surface area contributed by atoms with Crippen LogP contribution in [0.1, 0.15) is 31.2 Å². The van der Waals surface area contributed by atoms with Crippen LogP contribution >= 0.6 is 11.6 Å². The van der Waals surface area contributed by atoms with Crippen LogP contribution in [0.25, 0.3) is 0 Å². The van der Waals surface area contributed by atoms with Gasteiger partial charge in [0.2, 0.25) is 0 Å². The summed E-state index contributed by atoms with van der Waals surface area (Å²) in [7, 11) is -10.2. The number of alkyl halides is 3. The molecular weight excluding hydrogens is 565 g/mol. The molecule has 5 rings (SSSR count). The zero-order valence-electron chi connectivity index (χ0n) is 19.1. The number of rotatable bonds is 3. The fourth-order valence-corrected chi connectivity index (χ4v) is 10.0. The molecule has 2 heterocycles. The van der Waals surface area contributed by atoms with E-state index in [1.807, 2.05) is 0 Å². The molecule has 14 heteroatoms. The van der Waals surface area contributed by atoms with Crippen molar-refractivity contribution in [3.05, 3.63) is 58.6 Å². The smallest absolute Gasteiger partial charge is 0.490 e. The molecule has 2 aromatic rings. The Morgan fingerprint density at radius 3 is 2.24 bits per heavy atom. The number of sulfonamides is 1. The molecule has 37 heavy (non-hydrogen) atoms. The summed E-state index contributed by atoms with van der Waals surface area (Å²) in [6, 6.07) is 6.71. The lowest BCUT2D eigenvalue weighted by atomic mass is 9.58. The highest BCUT2D eigenvalue weighted by atomic mass is 35.5. The van der Waals surface area contributed by atoms with Crippen molar-refractivity contribution in [2.24, 2.45) is 11.3 Å². The van der Waals surface area contributed by atoms with Crippen molar-refractivity contribution >= 4 is 31.5 Å². The van der Waals surface area contributed by atoms with Gasteiger partial charge in [-0.1, -0.05) is 18.0 Å². The van der Waals surface area contributed by atoms with Gasteiger partial charge in [0, 0.05) is 24.0 Å². The monoisotopic (exact) mass is 585 g/mol. The quantitative estimate of drug-likeness (QED) is 0.473. The van der Waals surface area contributed by atoms with E-state index in [1.165, 1.54) is 24.3 Å². The van der Waals surface area contributed by atoms with Gasteiger partial charge in [0.25, 0.3) is 0 Å². The topological polar surface area (TPSA) is 80.8 Å². The minimum Gasteiger partial charge on any atom is -0.490 e. The minimum absolute atomic E-state index is 0.0967. The third-order valence-electron chi connectivity index (χ3n) is 7.99. The normalized spacial score (nSPS) is 28.5. The molecule has 0 aromatic heterocycles. The van der Waals surface area contributed by atoms with Gasteiger partial charge in [-0.25, -0.2) is 25.6 Å². The summed E-state index contributed by atoms with van der Waals surface area (Å²) in [5.41, 5.74) is -7.34. The molecule has 0 amide bonds. The summed E-state index contributed by atoms with van der Waals surface area (Å²) in [6.45, 7) is -1.55. The predicted octanol–water partition coefficient (Wildman–Crippen LogP) is 5.02. The van der Waals surface area contributed by atoms with Crippen molar-refractivity contribution in [1.29, 1.82) is 0 Å². The zero-order chi connectivity index (χ0) is 27.0. The molecule has 2 fully saturated rings. The molecule has 1 saturated heterocycles. The molecule has 0 unspecified atom stereocenters. The first-order valence-electron chi connectivity index (χ1n) is 11.4. The van der Waals surface area contributed by atoms with Gasteiger partial charge in [0.15, 0.2) is 21.4 Å². The summed E-state index contributed by atoms with van der Waals surface area (Å²) in [6.07, 6.45) is 0.0568. The molecule has 1 spiro atoms. The first-order chi connectivity index (χ1) is 17.2. The Bertz CT molecular complexity index is 1470. The highest BCUT2D eigenvalue weighted by molar-refractivity contribution is 7.92. The van der Waals surface area contributed by atoms with Crippen LogP contribution in [-0.2, 0) is 24.6 Å². The summed E-state index contributed by atoms with van der Waals surface area (Å²) in [5, 5.41) is 0.238. The lowest BCUT2D eigenvalue weighted by Gasteiger charge is -2.55. The highest BCUT2D eigenvalue weighted by Crippen LogP contribution is 2.64. The van der Waals surface area contributed by atoms with Crippen molar-refractivity contribution in [3.8, 4) is 5.75 Å². The van der Waals surface area contributed by atoms with Crippen molar-refractivity contribution in [1.82, 2.24) is 4.31 Å². The van der Waals surface area contributed by atoms with E-state index < -0.39 is 84.1 Å². The van der Waals surface area contributed by atoms with Crippen LogP contribution in [0.5, 0.6) is 5.75 Å². The maximum absolute atomic E-state index is 15.5. The van der Waals surface area contributed by atoms with Gasteiger partial charge in [-0.15, -0.1) is 0 Å². The first kappa shape index (κ1) is 26.6. The predicted molar refractivity (Wildman–Crippen MR) is 123 cm³/mol. The highest BCUT2D eigenvalue weighted by Gasteiger charge is 2.67. The standard InChI is InChI=1S/C23H21ClF5NO5S2/c24-14-2-4-15(5-3-14)36(31,32)22-9-1-8-21(10-11-30(13-21)37(33,34)23(27,28)29)18(22)12-35-20-17(26)7-6-16(25)19(20)22/h2-7,18H,1,8-13H2/t18-,21+,22-/m0/s1. The van der Waals surface area contributed by atoms with Gasteiger partial charge in [0.1, 0.15) is 10.6 Å². The second-order valence-electron chi connectivity index (χ2n) is 9.69. The number of ether oxygens (including phenoxy) is 1. The van der Waals surface area contributed by atoms with Crippen molar-refractivity contribution in [3.63, 3.8) is 0 Å². The number of fused-ring (bicyclic) bond motifs is 4. The number of nitrogens with zero attached hydrogens (tertiary/aromatic N) is 1. The number of hydrogen-bond acceptors (Lipinski definition) is 5. The SMILES string of the molecule is O=S(=O)(N1CC[C@]2(CCC[C@@]3(S(=O)(=O)c4ccc(Cl)cc4)c4c(F)ccc(F)c4OC[C@@H]23)C1)C(F)(F)F. The van der Waals surface area contributed by atoms with E-state index >= 15 is 4.39 Å². The average Bonchev–Trinajstić information content (AvgIpc) is 3.26. The molecular formula is C23H21ClF5NO5S2. The molecule has 202 valence electrons. The van der Waals surface area contributed by atoms with E-state index in [9.17, 15) is 34.4 Å². The molecule has 2 aromatic carbocycles. The van der Waals surface area contributed by atoms with Gasteiger partial charge in [-0.2, -0.15) is 17.5 Å². The molecule has 0 radical (unpaired) electrons. The van der Waals surface area contributed by atoms with E-state index in [-0.39, 0.29) is 35.6 Å². The van der Waals surface area contributed by atoms with Crippen LogP contribution in [0, 0.1) is 23.0 Å². The molecule has 1 aliphatic carbocycles. The van der Waals surface area contributed by atoms with Crippen LogP contribution in [0.4, 0.5) is 22.0 Å². The number of benzene rings is 2. The van der Waals surface area contributed by atoms with Crippen LogP contribution in [0.3, 0.4) is 0 Å². The first-order valence-corrected chi connectivity index (χ1v) is 14.7. The van der Waals surface area contributed by atoms with E-state index in [0.29, 0.717) is 4.31 Å². The van der Waals surface area contributed by atoms with Crippen molar-refractivity contribution < 1.29 is 43.5 Å². The average molecular weight is 586 g/mol. The molecule has 6 nitrogen and oxygen atoms in total. The van der Waals surface area contributed by atoms with Crippen molar-refractivity contribution in [2.45, 2.75) is 40.8 Å². The lowest BCUT2D eigenvalue weighted by molar-refractivity contribution is -0.0493. The molecule has 2 aliphatic heterocycles. The fourth-order valence-electron chi connectivity index (χ4n) is 6.37. The zero-order valence-corrected chi connectivity index (χ0v) is 21.5. The summed E-state index contributed by atoms with van der Waals surface area (Å²) in [4.78, 5) is -0.228. The van der Waals surface area contributed by atoms with E-state index in [4.69, 9.17) is 16.3 Å².